The van der Waals surface area contributed by atoms with Crippen molar-refractivity contribution >= 4 is 24.0 Å². The molecule has 2 aromatic rings. The molecule has 5 heteroatoms. The van der Waals surface area contributed by atoms with E-state index in [-0.39, 0.29) is 0 Å². The van der Waals surface area contributed by atoms with E-state index in [1.54, 1.807) is 0 Å². The van der Waals surface area contributed by atoms with Gasteiger partial charge in [-0.15, -0.1) is 0 Å². The van der Waals surface area contributed by atoms with Gasteiger partial charge in [-0.3, -0.25) is 9.88 Å². The lowest BCUT2D eigenvalue weighted by molar-refractivity contribution is -0.138. The standard InChI is InChI=1S/C17H22NO3P/c1-3-22(21,4-2)18-16(17(19)20)12-14-10-7-9-13-8-5-6-11-15(13)14/h5-11,16H,3-4,12H2,1-2H3,(H,18,21)(H,19,20)/t16-/m0/s1. The van der Waals surface area contributed by atoms with Gasteiger partial charge >= 0.3 is 5.97 Å². The van der Waals surface area contributed by atoms with Gasteiger partial charge in [-0.25, -0.2) is 0 Å². The predicted octanol–water partition coefficient (Wildman–Crippen LogP) is 3.74. The summed E-state index contributed by atoms with van der Waals surface area (Å²) in [7, 11) is -2.62. The Labute approximate surface area is 131 Å². The summed E-state index contributed by atoms with van der Waals surface area (Å²) in [5.41, 5.74) is 0.955. The summed E-state index contributed by atoms with van der Waals surface area (Å²) in [6.07, 6.45) is 1.24. The molecule has 118 valence electrons. The number of hydrogen-bond donors (Lipinski definition) is 2. The van der Waals surface area contributed by atoms with Gasteiger partial charge < -0.3 is 9.67 Å². The maximum absolute atomic E-state index is 12.5. The van der Waals surface area contributed by atoms with Crippen LogP contribution in [0.3, 0.4) is 0 Å². The molecule has 0 aliphatic rings. The first-order chi connectivity index (χ1) is 10.5. The van der Waals surface area contributed by atoms with Crippen molar-refractivity contribution in [3.63, 3.8) is 0 Å². The van der Waals surface area contributed by atoms with E-state index in [4.69, 9.17) is 0 Å². The van der Waals surface area contributed by atoms with Crippen LogP contribution in [0.25, 0.3) is 10.8 Å². The quantitative estimate of drug-likeness (QED) is 0.763. The van der Waals surface area contributed by atoms with E-state index in [1.807, 2.05) is 56.3 Å². The third-order valence-corrected chi connectivity index (χ3v) is 6.84. The number of aliphatic carboxylic acids is 1. The van der Waals surface area contributed by atoms with Gasteiger partial charge in [-0.1, -0.05) is 56.3 Å². The van der Waals surface area contributed by atoms with Gasteiger partial charge in [0.1, 0.15) is 13.3 Å². The van der Waals surface area contributed by atoms with Gasteiger partial charge in [0.15, 0.2) is 0 Å². The van der Waals surface area contributed by atoms with Crippen LogP contribution in [0.1, 0.15) is 19.4 Å². The van der Waals surface area contributed by atoms with Crippen LogP contribution in [0.5, 0.6) is 0 Å². The van der Waals surface area contributed by atoms with Gasteiger partial charge in [0.2, 0.25) is 0 Å². The molecule has 2 aromatic carbocycles. The minimum Gasteiger partial charge on any atom is -0.480 e. The van der Waals surface area contributed by atoms with Gasteiger partial charge in [0.05, 0.1) is 0 Å². The second-order valence-electron chi connectivity index (χ2n) is 5.38. The minimum absolute atomic E-state index is 0.320. The van der Waals surface area contributed by atoms with E-state index in [9.17, 15) is 14.5 Å². The molecule has 0 heterocycles. The molecule has 0 aliphatic heterocycles. The average Bonchev–Trinajstić information content (AvgIpc) is 2.54. The maximum atomic E-state index is 12.5. The fraction of sp³-hybridized carbons (Fsp3) is 0.353. The summed E-state index contributed by atoms with van der Waals surface area (Å²) in [5, 5.41) is 14.5. The Bertz CT molecular complexity index is 701. The number of nitrogens with one attached hydrogen (secondary N) is 1. The summed E-state index contributed by atoms with van der Waals surface area (Å²) >= 11 is 0. The molecule has 1 atom stereocenters. The highest BCUT2D eigenvalue weighted by atomic mass is 31.2. The van der Waals surface area contributed by atoms with Crippen molar-refractivity contribution in [1.29, 1.82) is 0 Å². The average molecular weight is 319 g/mol. The first kappa shape index (κ1) is 16.7. The Balaban J connectivity index is 2.31. The number of carboxylic acids is 1. The number of rotatable bonds is 7. The van der Waals surface area contributed by atoms with E-state index in [0.29, 0.717) is 18.7 Å². The molecule has 2 rings (SSSR count). The third kappa shape index (κ3) is 3.76. The lowest BCUT2D eigenvalue weighted by Gasteiger charge is -2.22. The Hall–Kier alpha value is -1.64. The molecule has 0 saturated carbocycles. The van der Waals surface area contributed by atoms with E-state index in [0.717, 1.165) is 16.3 Å². The van der Waals surface area contributed by atoms with Crippen LogP contribution < -0.4 is 5.09 Å². The van der Waals surface area contributed by atoms with Crippen LogP contribution in [-0.2, 0) is 15.8 Å². The normalized spacial score (nSPS) is 13.2. The molecule has 0 aliphatic carbocycles. The Morgan fingerprint density at radius 3 is 2.41 bits per heavy atom. The zero-order chi connectivity index (χ0) is 16.2. The van der Waals surface area contributed by atoms with Crippen molar-refractivity contribution in [2.24, 2.45) is 0 Å². The van der Waals surface area contributed by atoms with Crippen LogP contribution >= 0.6 is 7.29 Å². The molecular weight excluding hydrogens is 297 g/mol. The van der Waals surface area contributed by atoms with E-state index in [2.05, 4.69) is 5.09 Å². The Morgan fingerprint density at radius 1 is 1.14 bits per heavy atom. The molecule has 0 radical (unpaired) electrons. The lowest BCUT2D eigenvalue weighted by atomic mass is 9.99. The van der Waals surface area contributed by atoms with Crippen LogP contribution in [0, 0.1) is 0 Å². The highest BCUT2D eigenvalue weighted by Gasteiger charge is 2.27. The predicted molar refractivity (Wildman–Crippen MR) is 90.9 cm³/mol. The van der Waals surface area contributed by atoms with Crippen molar-refractivity contribution in [2.75, 3.05) is 12.3 Å². The number of carbonyl (C=O) groups is 1. The highest BCUT2D eigenvalue weighted by Crippen LogP contribution is 2.40. The zero-order valence-corrected chi connectivity index (χ0v) is 13.8. The van der Waals surface area contributed by atoms with E-state index >= 15 is 0 Å². The minimum atomic E-state index is -2.62. The van der Waals surface area contributed by atoms with Crippen LogP contribution in [0.4, 0.5) is 0 Å². The van der Waals surface area contributed by atoms with Crippen LogP contribution in [0.15, 0.2) is 42.5 Å². The molecule has 0 aromatic heterocycles. The molecule has 0 spiro atoms. The van der Waals surface area contributed by atoms with Gasteiger partial charge in [0.25, 0.3) is 0 Å². The number of benzene rings is 2. The Morgan fingerprint density at radius 2 is 1.77 bits per heavy atom. The second-order valence-corrected chi connectivity index (χ2v) is 8.69. The van der Waals surface area contributed by atoms with Crippen molar-refractivity contribution in [3.8, 4) is 0 Å². The van der Waals surface area contributed by atoms with Crippen LogP contribution in [0.2, 0.25) is 0 Å². The van der Waals surface area contributed by atoms with Crippen molar-refractivity contribution in [2.45, 2.75) is 26.3 Å². The molecule has 0 bridgehead atoms. The molecule has 2 N–H and O–H groups in total. The number of fused-ring (bicyclic) bond motifs is 1. The summed E-state index contributed by atoms with van der Waals surface area (Å²) in [4.78, 5) is 11.6. The fourth-order valence-electron chi connectivity index (χ4n) is 2.57. The van der Waals surface area contributed by atoms with Crippen molar-refractivity contribution in [1.82, 2.24) is 5.09 Å². The maximum Gasteiger partial charge on any atom is 0.321 e. The summed E-state index contributed by atoms with van der Waals surface area (Å²) in [6.45, 7) is 3.65. The largest absolute Gasteiger partial charge is 0.480 e. The summed E-state index contributed by atoms with van der Waals surface area (Å²) < 4.78 is 12.5. The molecule has 0 unspecified atom stereocenters. The van der Waals surface area contributed by atoms with Crippen molar-refractivity contribution in [3.05, 3.63) is 48.0 Å². The fourth-order valence-corrected chi connectivity index (χ4v) is 4.15. The monoisotopic (exact) mass is 319 g/mol. The first-order valence-corrected chi connectivity index (χ1v) is 9.62. The number of carboxylic acid groups (broad SMARTS) is 1. The van der Waals surface area contributed by atoms with Gasteiger partial charge in [0, 0.05) is 12.3 Å². The third-order valence-electron chi connectivity index (χ3n) is 4.01. The smallest absolute Gasteiger partial charge is 0.321 e. The first-order valence-electron chi connectivity index (χ1n) is 7.54. The molecule has 22 heavy (non-hydrogen) atoms. The molecular formula is C17H22NO3P. The molecule has 0 amide bonds. The second kappa shape index (κ2) is 7.08. The summed E-state index contributed by atoms with van der Waals surface area (Å²) in [6, 6.07) is 12.9. The zero-order valence-electron chi connectivity index (χ0n) is 13.0. The van der Waals surface area contributed by atoms with E-state index in [1.165, 1.54) is 0 Å². The summed E-state index contributed by atoms with van der Waals surface area (Å²) in [5.74, 6) is -0.963. The number of hydrogen-bond acceptors (Lipinski definition) is 2. The topological polar surface area (TPSA) is 66.4 Å². The lowest BCUT2D eigenvalue weighted by Crippen LogP contribution is -2.37. The Kier molecular flexibility index (Phi) is 5.38. The van der Waals surface area contributed by atoms with Crippen LogP contribution in [-0.4, -0.2) is 29.4 Å². The van der Waals surface area contributed by atoms with E-state index < -0.39 is 19.3 Å². The molecule has 0 saturated heterocycles. The van der Waals surface area contributed by atoms with Crippen molar-refractivity contribution < 1.29 is 14.5 Å². The molecule has 0 fully saturated rings. The highest BCUT2D eigenvalue weighted by molar-refractivity contribution is 7.61. The van der Waals surface area contributed by atoms with Gasteiger partial charge in [-0.05, 0) is 22.8 Å². The molecule has 4 nitrogen and oxygen atoms in total. The van der Waals surface area contributed by atoms with Gasteiger partial charge in [-0.2, -0.15) is 0 Å². The SMILES string of the molecule is CCP(=O)(CC)N[C@@H](Cc1cccc2ccccc12)C(=O)O.